The molecule has 0 saturated carbocycles. The van der Waals surface area contributed by atoms with Crippen LogP contribution in [0.4, 0.5) is 10.7 Å². The SMILES string of the molecule is O=C1NC(=O)C(=Cc2ccnc(N3CCC(O)CC3)n2)S1. The van der Waals surface area contributed by atoms with Gasteiger partial charge in [0.15, 0.2) is 0 Å². The highest BCUT2D eigenvalue weighted by atomic mass is 32.2. The molecule has 1 aromatic heterocycles. The second kappa shape index (κ2) is 5.82. The molecule has 0 aromatic carbocycles. The minimum atomic E-state index is -0.397. The number of thioether (sulfide) groups is 1. The van der Waals surface area contributed by atoms with Crippen molar-refractivity contribution in [3.8, 4) is 0 Å². The quantitative estimate of drug-likeness (QED) is 0.779. The monoisotopic (exact) mass is 306 g/mol. The Kier molecular flexibility index (Phi) is 3.89. The number of carbonyl (C=O) groups excluding carboxylic acids is 2. The summed E-state index contributed by atoms with van der Waals surface area (Å²) >= 11 is 0.865. The van der Waals surface area contributed by atoms with E-state index in [0.717, 1.165) is 11.8 Å². The maximum atomic E-state index is 11.5. The largest absolute Gasteiger partial charge is 0.393 e. The van der Waals surface area contributed by atoms with Crippen LogP contribution in [0.2, 0.25) is 0 Å². The number of imide groups is 1. The Labute approximate surface area is 125 Å². The Bertz CT molecular complexity index is 611. The van der Waals surface area contributed by atoms with Gasteiger partial charge in [-0.05, 0) is 36.7 Å². The summed E-state index contributed by atoms with van der Waals surface area (Å²) in [5, 5.41) is 11.4. The first-order valence-corrected chi connectivity index (χ1v) is 7.44. The van der Waals surface area contributed by atoms with Crippen LogP contribution in [0.3, 0.4) is 0 Å². The highest BCUT2D eigenvalue weighted by molar-refractivity contribution is 8.18. The molecule has 3 heterocycles. The molecular formula is C13H14N4O3S. The van der Waals surface area contributed by atoms with Gasteiger partial charge in [-0.1, -0.05) is 0 Å². The van der Waals surface area contributed by atoms with Crippen molar-refractivity contribution < 1.29 is 14.7 Å². The zero-order valence-electron chi connectivity index (χ0n) is 11.2. The van der Waals surface area contributed by atoms with E-state index in [4.69, 9.17) is 0 Å². The number of rotatable bonds is 2. The van der Waals surface area contributed by atoms with E-state index in [1.165, 1.54) is 0 Å². The van der Waals surface area contributed by atoms with Crippen LogP contribution in [0.15, 0.2) is 17.2 Å². The van der Waals surface area contributed by atoms with Gasteiger partial charge < -0.3 is 10.0 Å². The molecule has 110 valence electrons. The van der Waals surface area contributed by atoms with E-state index in [2.05, 4.69) is 15.3 Å². The van der Waals surface area contributed by atoms with Gasteiger partial charge >= 0.3 is 0 Å². The van der Waals surface area contributed by atoms with E-state index in [9.17, 15) is 14.7 Å². The number of hydrogen-bond acceptors (Lipinski definition) is 7. The van der Waals surface area contributed by atoms with Crippen molar-refractivity contribution in [2.45, 2.75) is 18.9 Å². The fourth-order valence-corrected chi connectivity index (χ4v) is 2.88. The molecule has 2 aliphatic rings. The number of carbonyl (C=O) groups is 2. The average Bonchev–Trinajstić information content (AvgIpc) is 2.78. The number of piperidine rings is 1. The average molecular weight is 306 g/mol. The molecular weight excluding hydrogens is 292 g/mol. The summed E-state index contributed by atoms with van der Waals surface area (Å²) in [6.45, 7) is 1.41. The van der Waals surface area contributed by atoms with E-state index in [1.807, 2.05) is 4.90 Å². The van der Waals surface area contributed by atoms with Gasteiger partial charge in [-0.3, -0.25) is 14.9 Å². The van der Waals surface area contributed by atoms with E-state index < -0.39 is 5.91 Å². The summed E-state index contributed by atoms with van der Waals surface area (Å²) in [5.74, 6) is 0.178. The Morgan fingerprint density at radius 2 is 2.14 bits per heavy atom. The molecule has 3 rings (SSSR count). The second-order valence-electron chi connectivity index (χ2n) is 4.85. The molecule has 0 bridgehead atoms. The van der Waals surface area contributed by atoms with Crippen LogP contribution in [0.25, 0.3) is 6.08 Å². The molecule has 0 spiro atoms. The Balaban J connectivity index is 1.79. The van der Waals surface area contributed by atoms with Crippen LogP contribution in [0.5, 0.6) is 0 Å². The number of aliphatic hydroxyl groups is 1. The highest BCUT2D eigenvalue weighted by Gasteiger charge is 2.25. The van der Waals surface area contributed by atoms with Gasteiger partial charge in [-0.15, -0.1) is 0 Å². The molecule has 2 amide bonds. The molecule has 2 N–H and O–H groups in total. The first kappa shape index (κ1) is 14.0. The molecule has 0 atom stereocenters. The maximum Gasteiger partial charge on any atom is 0.290 e. The van der Waals surface area contributed by atoms with Crippen molar-refractivity contribution >= 4 is 34.9 Å². The summed E-state index contributed by atoms with van der Waals surface area (Å²) in [6.07, 6.45) is 4.34. The third-order valence-corrected chi connectivity index (χ3v) is 4.14. The summed E-state index contributed by atoms with van der Waals surface area (Å²) in [5.41, 5.74) is 0.582. The molecule has 8 heteroatoms. The van der Waals surface area contributed by atoms with Crippen molar-refractivity contribution in [3.63, 3.8) is 0 Å². The lowest BCUT2D eigenvalue weighted by Gasteiger charge is -2.29. The molecule has 0 radical (unpaired) electrons. The van der Waals surface area contributed by atoms with Gasteiger partial charge in [-0.25, -0.2) is 9.97 Å². The Morgan fingerprint density at radius 1 is 1.38 bits per heavy atom. The lowest BCUT2D eigenvalue weighted by molar-refractivity contribution is -0.115. The number of hydrogen-bond donors (Lipinski definition) is 2. The van der Waals surface area contributed by atoms with Crippen LogP contribution in [-0.4, -0.2) is 45.4 Å². The van der Waals surface area contributed by atoms with Gasteiger partial charge in [0.25, 0.3) is 11.1 Å². The third-order valence-electron chi connectivity index (χ3n) is 3.33. The first-order valence-electron chi connectivity index (χ1n) is 6.63. The zero-order valence-corrected chi connectivity index (χ0v) is 12.0. The molecule has 2 fully saturated rings. The molecule has 1 aromatic rings. The van der Waals surface area contributed by atoms with Gasteiger partial charge in [0.05, 0.1) is 16.7 Å². The van der Waals surface area contributed by atoms with Crippen molar-refractivity contribution in [1.82, 2.24) is 15.3 Å². The number of anilines is 1. The van der Waals surface area contributed by atoms with Crippen molar-refractivity contribution in [1.29, 1.82) is 0 Å². The predicted molar refractivity (Wildman–Crippen MR) is 78.6 cm³/mol. The number of nitrogens with zero attached hydrogens (tertiary/aromatic N) is 3. The number of amides is 2. The van der Waals surface area contributed by atoms with Gasteiger partial charge in [0, 0.05) is 19.3 Å². The van der Waals surface area contributed by atoms with Gasteiger partial charge in [0.1, 0.15) is 0 Å². The Hall–Kier alpha value is -1.93. The second-order valence-corrected chi connectivity index (χ2v) is 5.87. The summed E-state index contributed by atoms with van der Waals surface area (Å²) in [4.78, 5) is 33.6. The van der Waals surface area contributed by atoms with Crippen LogP contribution >= 0.6 is 11.8 Å². The molecule has 0 aliphatic carbocycles. The van der Waals surface area contributed by atoms with E-state index in [-0.39, 0.29) is 11.3 Å². The van der Waals surface area contributed by atoms with Gasteiger partial charge in [-0.2, -0.15) is 0 Å². The predicted octanol–water partition coefficient (Wildman–Crippen LogP) is 0.762. The normalized spacial score (nSPS) is 22.0. The standard InChI is InChI=1S/C13H14N4O3S/c18-9-2-5-17(6-3-9)12-14-4-1-8(15-12)7-10-11(19)16-13(20)21-10/h1,4,7,9,18H,2-3,5-6H2,(H,16,19,20). The summed E-state index contributed by atoms with van der Waals surface area (Å²) < 4.78 is 0. The molecule has 7 nitrogen and oxygen atoms in total. The summed E-state index contributed by atoms with van der Waals surface area (Å²) in [7, 11) is 0. The number of aromatic nitrogens is 2. The van der Waals surface area contributed by atoms with Crippen molar-refractivity contribution in [2.24, 2.45) is 0 Å². The molecule has 21 heavy (non-hydrogen) atoms. The minimum absolute atomic E-state index is 0.254. The lowest BCUT2D eigenvalue weighted by Crippen LogP contribution is -2.36. The molecule has 0 unspecified atom stereocenters. The Morgan fingerprint density at radius 3 is 2.81 bits per heavy atom. The fraction of sp³-hybridized carbons (Fsp3) is 0.385. The van der Waals surface area contributed by atoms with Crippen LogP contribution < -0.4 is 10.2 Å². The van der Waals surface area contributed by atoms with E-state index in [0.29, 0.717) is 42.5 Å². The third kappa shape index (κ3) is 3.22. The lowest BCUT2D eigenvalue weighted by atomic mass is 10.1. The fourth-order valence-electron chi connectivity index (χ4n) is 2.22. The van der Waals surface area contributed by atoms with E-state index >= 15 is 0 Å². The number of nitrogens with one attached hydrogen (secondary N) is 1. The highest BCUT2D eigenvalue weighted by Crippen LogP contribution is 2.25. The van der Waals surface area contributed by atoms with E-state index in [1.54, 1.807) is 18.3 Å². The smallest absolute Gasteiger partial charge is 0.290 e. The molecule has 2 saturated heterocycles. The van der Waals surface area contributed by atoms with Crippen LogP contribution in [-0.2, 0) is 4.79 Å². The maximum absolute atomic E-state index is 11.5. The van der Waals surface area contributed by atoms with Gasteiger partial charge in [0.2, 0.25) is 5.95 Å². The van der Waals surface area contributed by atoms with Crippen LogP contribution in [0, 0.1) is 0 Å². The van der Waals surface area contributed by atoms with Crippen molar-refractivity contribution in [3.05, 3.63) is 22.9 Å². The summed E-state index contributed by atoms with van der Waals surface area (Å²) in [6, 6.07) is 1.69. The topological polar surface area (TPSA) is 95.4 Å². The first-order chi connectivity index (χ1) is 10.1. The van der Waals surface area contributed by atoms with Crippen molar-refractivity contribution in [2.75, 3.05) is 18.0 Å². The minimum Gasteiger partial charge on any atom is -0.393 e. The molecule has 2 aliphatic heterocycles. The number of aliphatic hydroxyl groups excluding tert-OH is 1. The zero-order chi connectivity index (χ0) is 14.8. The van der Waals surface area contributed by atoms with Crippen LogP contribution in [0.1, 0.15) is 18.5 Å².